The van der Waals surface area contributed by atoms with Gasteiger partial charge in [-0.05, 0) is 59.8 Å². The SMILES string of the molecule is CSc1n[n+]2c(c(=O)[nH]1)-c1ccccc1N(C(C)=O)[C@@H]2c1ccc(-c2cc(Cl)ccc2C)o1. The van der Waals surface area contributed by atoms with Gasteiger partial charge in [-0.3, -0.25) is 14.6 Å². The highest BCUT2D eigenvalue weighted by Gasteiger charge is 2.46. The lowest BCUT2D eigenvalue weighted by Gasteiger charge is -2.29. The number of hydrogen-bond acceptors (Lipinski definition) is 5. The summed E-state index contributed by atoms with van der Waals surface area (Å²) in [4.78, 5) is 30.4. The topological polar surface area (TPSA) is 83.1 Å². The van der Waals surface area contributed by atoms with Crippen molar-refractivity contribution >= 4 is 35.0 Å². The van der Waals surface area contributed by atoms with Crippen LogP contribution in [0.25, 0.3) is 22.6 Å². The number of para-hydroxylation sites is 1. The summed E-state index contributed by atoms with van der Waals surface area (Å²) in [6.07, 6.45) is 1.06. The van der Waals surface area contributed by atoms with Crippen molar-refractivity contribution in [3.63, 3.8) is 0 Å². The van der Waals surface area contributed by atoms with Crippen molar-refractivity contribution in [1.82, 2.24) is 10.1 Å². The number of halogens is 1. The van der Waals surface area contributed by atoms with E-state index in [1.54, 1.807) is 9.58 Å². The lowest BCUT2D eigenvalue weighted by atomic mass is 10.0. The van der Waals surface area contributed by atoms with Crippen LogP contribution in [0, 0.1) is 6.92 Å². The number of thioether (sulfide) groups is 1. The minimum atomic E-state index is -0.770. The maximum Gasteiger partial charge on any atom is 0.325 e. The number of anilines is 1. The van der Waals surface area contributed by atoms with Crippen LogP contribution in [-0.2, 0) is 4.79 Å². The van der Waals surface area contributed by atoms with Gasteiger partial charge in [0.2, 0.25) is 11.1 Å². The fourth-order valence-electron chi connectivity index (χ4n) is 4.16. The highest BCUT2D eigenvalue weighted by molar-refractivity contribution is 7.98. The van der Waals surface area contributed by atoms with E-state index in [2.05, 4.69) is 10.1 Å². The maximum absolute atomic E-state index is 13.1. The van der Waals surface area contributed by atoms with E-state index in [9.17, 15) is 9.59 Å². The average Bonchev–Trinajstić information content (AvgIpc) is 3.28. The van der Waals surface area contributed by atoms with Crippen LogP contribution in [-0.4, -0.2) is 22.2 Å². The molecule has 33 heavy (non-hydrogen) atoms. The van der Waals surface area contributed by atoms with Gasteiger partial charge in [-0.25, -0.2) is 4.90 Å². The summed E-state index contributed by atoms with van der Waals surface area (Å²) in [6, 6.07) is 16.5. The molecule has 0 fully saturated rings. The molecule has 5 rings (SSSR count). The molecule has 0 aliphatic carbocycles. The van der Waals surface area contributed by atoms with Gasteiger partial charge in [0.1, 0.15) is 5.76 Å². The van der Waals surface area contributed by atoms with Gasteiger partial charge in [0, 0.05) is 22.6 Å². The van der Waals surface area contributed by atoms with Crippen LogP contribution < -0.4 is 15.1 Å². The number of benzene rings is 2. The number of carbonyl (C=O) groups excluding carboxylic acids is 1. The standard InChI is InChI=1S/C24H19ClN4O3S/c1-13-8-9-15(25)12-17(13)19-10-11-20(32-19)23-28(14(2)30)18-7-5-4-6-16(18)21-22(31)26-24(33-3)27-29(21)23/h4-12,23H,1-3H3/p+1/t23-/m0/s1. The van der Waals surface area contributed by atoms with Crippen molar-refractivity contribution in [3.05, 3.63) is 81.3 Å². The Morgan fingerprint density at radius 1 is 1.18 bits per heavy atom. The van der Waals surface area contributed by atoms with Gasteiger partial charge in [0.25, 0.3) is 0 Å². The summed E-state index contributed by atoms with van der Waals surface area (Å²) >= 11 is 7.53. The van der Waals surface area contributed by atoms with Gasteiger partial charge in [-0.1, -0.05) is 41.6 Å². The molecule has 3 heterocycles. The fraction of sp³-hybridized carbons (Fsp3) is 0.167. The van der Waals surface area contributed by atoms with Gasteiger partial charge in [-0.2, -0.15) is 0 Å². The first kappa shape index (κ1) is 21.5. The first-order valence-electron chi connectivity index (χ1n) is 10.2. The highest BCUT2D eigenvalue weighted by atomic mass is 35.5. The Hall–Kier alpha value is -3.36. The molecule has 0 saturated heterocycles. The maximum atomic E-state index is 13.1. The molecular weight excluding hydrogens is 460 g/mol. The monoisotopic (exact) mass is 479 g/mol. The first-order chi connectivity index (χ1) is 15.9. The molecular formula is C24H20ClN4O3S+. The predicted octanol–water partition coefficient (Wildman–Crippen LogP) is 4.58. The summed E-state index contributed by atoms with van der Waals surface area (Å²) in [5.74, 6) is 0.894. The number of carbonyl (C=O) groups is 1. The molecule has 1 atom stereocenters. The molecule has 1 aliphatic rings. The number of nitrogens with one attached hydrogen (secondary N) is 1. The number of furan rings is 1. The van der Waals surface area contributed by atoms with Crippen LogP contribution in [0.1, 0.15) is 24.4 Å². The Bertz CT molecular complexity index is 1460. The van der Waals surface area contributed by atoms with Crippen LogP contribution in [0.15, 0.2) is 69.0 Å². The van der Waals surface area contributed by atoms with Crippen molar-refractivity contribution in [2.24, 2.45) is 0 Å². The Labute approximate surface area is 199 Å². The third kappa shape index (κ3) is 3.55. The highest BCUT2D eigenvalue weighted by Crippen LogP contribution is 2.39. The van der Waals surface area contributed by atoms with E-state index in [4.69, 9.17) is 16.0 Å². The smallest absolute Gasteiger partial charge is 0.325 e. The summed E-state index contributed by atoms with van der Waals surface area (Å²) in [5, 5.41) is 5.68. The quantitative estimate of drug-likeness (QED) is 0.343. The lowest BCUT2D eigenvalue weighted by molar-refractivity contribution is -0.764. The largest absolute Gasteiger partial charge is 0.452 e. The van der Waals surface area contributed by atoms with Gasteiger partial charge in [0.05, 0.1) is 11.3 Å². The minimum Gasteiger partial charge on any atom is -0.452 e. The van der Waals surface area contributed by atoms with Gasteiger partial charge < -0.3 is 4.42 Å². The van der Waals surface area contributed by atoms with Crippen LogP contribution in [0.4, 0.5) is 5.69 Å². The zero-order valence-corrected chi connectivity index (χ0v) is 19.7. The number of aryl methyl sites for hydroxylation is 1. The van der Waals surface area contributed by atoms with Crippen LogP contribution in [0.5, 0.6) is 0 Å². The number of amides is 1. The number of H-pyrrole nitrogens is 1. The number of aromatic amines is 1. The second kappa shape index (κ2) is 8.20. The third-order valence-corrected chi connectivity index (χ3v) is 6.44. The van der Waals surface area contributed by atoms with Gasteiger partial charge in [0.15, 0.2) is 5.76 Å². The average molecular weight is 480 g/mol. The van der Waals surface area contributed by atoms with E-state index in [-0.39, 0.29) is 11.5 Å². The van der Waals surface area contributed by atoms with E-state index in [0.717, 1.165) is 11.1 Å². The van der Waals surface area contributed by atoms with E-state index in [0.29, 0.717) is 38.6 Å². The van der Waals surface area contributed by atoms with Crippen LogP contribution >= 0.6 is 23.4 Å². The summed E-state index contributed by atoms with van der Waals surface area (Å²) in [6.45, 7) is 3.46. The summed E-state index contributed by atoms with van der Waals surface area (Å²) in [7, 11) is 0. The van der Waals surface area contributed by atoms with Crippen molar-refractivity contribution in [2.45, 2.75) is 25.2 Å². The molecule has 2 aromatic carbocycles. The van der Waals surface area contributed by atoms with Crippen molar-refractivity contribution in [2.75, 3.05) is 11.2 Å². The number of fused-ring (bicyclic) bond motifs is 3. The molecule has 2 aromatic heterocycles. The molecule has 1 aliphatic heterocycles. The van der Waals surface area contributed by atoms with E-state index in [1.807, 2.05) is 67.8 Å². The zero-order chi connectivity index (χ0) is 23.3. The third-order valence-electron chi connectivity index (χ3n) is 5.64. The van der Waals surface area contributed by atoms with Gasteiger partial charge in [-0.15, -0.1) is 0 Å². The minimum absolute atomic E-state index is 0.199. The van der Waals surface area contributed by atoms with Crippen LogP contribution in [0.2, 0.25) is 5.02 Å². The second-order valence-electron chi connectivity index (χ2n) is 7.70. The molecule has 4 aromatic rings. The normalized spacial score (nSPS) is 14.7. The van der Waals surface area contributed by atoms with Crippen molar-refractivity contribution in [3.8, 4) is 22.6 Å². The molecule has 7 nitrogen and oxygen atoms in total. The number of aromatic nitrogens is 3. The number of rotatable bonds is 3. The number of nitrogens with zero attached hydrogens (tertiary/aromatic N) is 3. The molecule has 166 valence electrons. The predicted molar refractivity (Wildman–Crippen MR) is 127 cm³/mol. The van der Waals surface area contributed by atoms with Gasteiger partial charge >= 0.3 is 17.4 Å². The number of hydrogen-bond donors (Lipinski definition) is 1. The molecule has 1 amide bonds. The van der Waals surface area contributed by atoms with E-state index < -0.39 is 6.17 Å². The molecule has 0 unspecified atom stereocenters. The molecule has 0 radical (unpaired) electrons. The Morgan fingerprint density at radius 2 is 1.97 bits per heavy atom. The fourth-order valence-corrected chi connectivity index (χ4v) is 4.69. The van der Waals surface area contributed by atoms with E-state index in [1.165, 1.54) is 18.7 Å². The first-order valence-corrected chi connectivity index (χ1v) is 11.8. The summed E-state index contributed by atoms with van der Waals surface area (Å²) in [5.41, 5.74) is 3.19. The lowest BCUT2D eigenvalue weighted by Crippen LogP contribution is -2.60. The second-order valence-corrected chi connectivity index (χ2v) is 8.93. The molecule has 0 bridgehead atoms. The molecule has 9 heteroatoms. The molecule has 0 spiro atoms. The van der Waals surface area contributed by atoms with Crippen LogP contribution in [0.3, 0.4) is 0 Å². The van der Waals surface area contributed by atoms with Crippen molar-refractivity contribution in [1.29, 1.82) is 0 Å². The Morgan fingerprint density at radius 3 is 2.73 bits per heavy atom. The Balaban J connectivity index is 1.76. The zero-order valence-electron chi connectivity index (χ0n) is 18.1. The molecule has 1 N–H and O–H groups in total. The Kier molecular flexibility index (Phi) is 5.34. The van der Waals surface area contributed by atoms with E-state index >= 15 is 0 Å². The summed E-state index contributed by atoms with van der Waals surface area (Å²) < 4.78 is 7.85. The van der Waals surface area contributed by atoms with Crippen molar-refractivity contribution < 1.29 is 13.9 Å². The molecule has 0 saturated carbocycles.